The van der Waals surface area contributed by atoms with Gasteiger partial charge >= 0.3 is 5.97 Å². The van der Waals surface area contributed by atoms with Crippen LogP contribution in [0.25, 0.3) is 0 Å². The maximum absolute atomic E-state index is 12.5. The second-order valence-corrected chi connectivity index (χ2v) is 9.50. The van der Waals surface area contributed by atoms with E-state index < -0.39 is 20.3 Å². The van der Waals surface area contributed by atoms with Gasteiger partial charge in [-0.15, -0.1) is 19.7 Å². The van der Waals surface area contributed by atoms with Gasteiger partial charge in [0.2, 0.25) is 0 Å². The molecule has 0 amide bonds. The molecule has 0 aromatic heterocycles. The topological polar surface area (TPSA) is 76.1 Å². The highest BCUT2D eigenvalue weighted by Gasteiger charge is 2.36. The number of nitrogens with zero attached hydrogens (tertiary/aromatic N) is 1. The Labute approximate surface area is 145 Å². The van der Waals surface area contributed by atoms with Gasteiger partial charge < -0.3 is 10.2 Å². The SMILES string of the molecule is C=CC[Si](CC=C)(CC=C)OC(=O)C(N)Cc1cccc(C#N)c1. The summed E-state index contributed by atoms with van der Waals surface area (Å²) in [5.41, 5.74) is 7.40. The van der Waals surface area contributed by atoms with Gasteiger partial charge in [0.05, 0.1) is 11.6 Å². The first-order valence-electron chi connectivity index (χ1n) is 7.80. The van der Waals surface area contributed by atoms with Crippen LogP contribution in [0.1, 0.15) is 11.1 Å². The van der Waals surface area contributed by atoms with Crippen molar-refractivity contribution in [3.63, 3.8) is 0 Å². The van der Waals surface area contributed by atoms with Crippen LogP contribution in [0.15, 0.2) is 62.2 Å². The van der Waals surface area contributed by atoms with Crippen molar-refractivity contribution in [2.24, 2.45) is 5.73 Å². The van der Waals surface area contributed by atoms with Crippen LogP contribution >= 0.6 is 0 Å². The standard InChI is InChI=1S/C19H24N2O2Si/c1-4-10-24(11-5-2,12-6-3)23-19(22)18(21)14-16-8-7-9-17(13-16)15-20/h4-9,13,18H,1-3,10-12,14,21H2. The number of carbonyl (C=O) groups is 1. The molecular formula is C19H24N2O2Si. The Morgan fingerprint density at radius 2 is 1.83 bits per heavy atom. The Balaban J connectivity index is 2.85. The number of hydrogen-bond acceptors (Lipinski definition) is 4. The predicted molar refractivity (Wildman–Crippen MR) is 99.7 cm³/mol. The zero-order valence-corrected chi connectivity index (χ0v) is 14.9. The molecule has 1 unspecified atom stereocenters. The lowest BCUT2D eigenvalue weighted by molar-refractivity contribution is -0.136. The number of rotatable bonds is 10. The fraction of sp³-hybridized carbons (Fsp3) is 0.263. The van der Waals surface area contributed by atoms with E-state index in [9.17, 15) is 4.79 Å². The summed E-state index contributed by atoms with van der Waals surface area (Å²) in [6.07, 6.45) is 5.65. The molecule has 4 nitrogen and oxygen atoms in total. The average Bonchev–Trinajstić information content (AvgIpc) is 2.55. The molecule has 1 atom stereocenters. The summed E-state index contributed by atoms with van der Waals surface area (Å²) in [4.78, 5) is 12.5. The van der Waals surface area contributed by atoms with Crippen molar-refractivity contribution < 1.29 is 9.22 Å². The minimum absolute atomic E-state index is 0.328. The van der Waals surface area contributed by atoms with Gasteiger partial charge in [-0.05, 0) is 42.2 Å². The van der Waals surface area contributed by atoms with Crippen LogP contribution < -0.4 is 5.73 Å². The zero-order valence-electron chi connectivity index (χ0n) is 13.9. The Kier molecular flexibility index (Phi) is 7.90. The van der Waals surface area contributed by atoms with Crippen molar-refractivity contribution in [1.82, 2.24) is 0 Å². The van der Waals surface area contributed by atoms with Crippen molar-refractivity contribution in [1.29, 1.82) is 5.26 Å². The first kappa shape index (κ1) is 19.6. The van der Waals surface area contributed by atoms with Crippen LogP contribution in [0.3, 0.4) is 0 Å². The molecular weight excluding hydrogens is 316 g/mol. The molecule has 0 saturated carbocycles. The van der Waals surface area contributed by atoms with Crippen LogP contribution in [-0.2, 0) is 15.6 Å². The molecule has 1 aromatic carbocycles. The molecule has 0 spiro atoms. The van der Waals surface area contributed by atoms with Gasteiger partial charge in [-0.3, -0.25) is 4.79 Å². The van der Waals surface area contributed by atoms with E-state index in [-0.39, 0.29) is 0 Å². The molecule has 1 rings (SSSR count). The van der Waals surface area contributed by atoms with Crippen molar-refractivity contribution in [3.8, 4) is 6.07 Å². The van der Waals surface area contributed by atoms with E-state index in [1.807, 2.05) is 6.07 Å². The van der Waals surface area contributed by atoms with E-state index in [0.29, 0.717) is 30.1 Å². The van der Waals surface area contributed by atoms with Crippen LogP contribution in [0.5, 0.6) is 0 Å². The largest absolute Gasteiger partial charge is 0.517 e. The van der Waals surface area contributed by atoms with Crippen LogP contribution in [0, 0.1) is 11.3 Å². The second kappa shape index (κ2) is 9.66. The number of nitrogens with two attached hydrogens (primary N) is 1. The smallest absolute Gasteiger partial charge is 0.310 e. The fourth-order valence-corrected chi connectivity index (χ4v) is 5.46. The van der Waals surface area contributed by atoms with Gasteiger partial charge in [0, 0.05) is 0 Å². The van der Waals surface area contributed by atoms with Crippen molar-refractivity contribution in [2.75, 3.05) is 0 Å². The third-order valence-corrected chi connectivity index (χ3v) is 7.41. The maximum atomic E-state index is 12.5. The lowest BCUT2D eigenvalue weighted by atomic mass is 10.0. The van der Waals surface area contributed by atoms with Crippen LogP contribution in [-0.4, -0.2) is 20.3 Å². The highest BCUT2D eigenvalue weighted by molar-refractivity contribution is 6.76. The van der Waals surface area contributed by atoms with Gasteiger partial charge in [0.25, 0.3) is 8.32 Å². The maximum Gasteiger partial charge on any atom is 0.310 e. The molecule has 0 aliphatic heterocycles. The highest BCUT2D eigenvalue weighted by atomic mass is 28.4. The Morgan fingerprint density at radius 1 is 1.25 bits per heavy atom. The normalized spacial score (nSPS) is 11.8. The zero-order chi connectivity index (χ0) is 18.0. The summed E-state index contributed by atoms with van der Waals surface area (Å²) in [5, 5.41) is 8.94. The molecule has 126 valence electrons. The van der Waals surface area contributed by atoms with Gasteiger partial charge in [-0.2, -0.15) is 5.26 Å². The second-order valence-electron chi connectivity index (χ2n) is 5.71. The van der Waals surface area contributed by atoms with E-state index in [1.165, 1.54) is 0 Å². The third kappa shape index (κ3) is 5.65. The van der Waals surface area contributed by atoms with Crippen molar-refractivity contribution >= 4 is 14.3 Å². The first-order chi connectivity index (χ1) is 11.5. The summed E-state index contributed by atoms with van der Waals surface area (Å²) in [7, 11) is -2.39. The Morgan fingerprint density at radius 3 is 2.33 bits per heavy atom. The highest BCUT2D eigenvalue weighted by Crippen LogP contribution is 2.25. The van der Waals surface area contributed by atoms with E-state index in [4.69, 9.17) is 15.4 Å². The monoisotopic (exact) mass is 340 g/mol. The van der Waals surface area contributed by atoms with Crippen molar-refractivity contribution in [3.05, 3.63) is 73.4 Å². The summed E-state index contributed by atoms with van der Waals surface area (Å²) in [5.74, 6) is -0.422. The predicted octanol–water partition coefficient (Wildman–Crippen LogP) is 3.47. The van der Waals surface area contributed by atoms with Crippen LogP contribution in [0.2, 0.25) is 18.1 Å². The molecule has 0 saturated heterocycles. The molecule has 24 heavy (non-hydrogen) atoms. The Hall–Kier alpha value is -2.42. The third-order valence-electron chi connectivity index (χ3n) is 3.68. The fourth-order valence-electron chi connectivity index (χ4n) is 2.56. The molecule has 1 aromatic rings. The lowest BCUT2D eigenvalue weighted by Crippen LogP contribution is -2.45. The van der Waals surface area contributed by atoms with E-state index in [1.54, 1.807) is 36.4 Å². The Bertz CT molecular complexity index is 622. The molecule has 0 radical (unpaired) electrons. The first-order valence-corrected chi connectivity index (χ1v) is 10.3. The lowest BCUT2D eigenvalue weighted by Gasteiger charge is -2.29. The van der Waals surface area contributed by atoms with Gasteiger partial charge in [0.15, 0.2) is 0 Å². The number of allylic oxidation sites excluding steroid dienone is 3. The van der Waals surface area contributed by atoms with Gasteiger partial charge in [-0.1, -0.05) is 30.4 Å². The van der Waals surface area contributed by atoms with Gasteiger partial charge in [-0.25, -0.2) is 0 Å². The molecule has 2 N–H and O–H groups in total. The van der Waals surface area contributed by atoms with E-state index in [2.05, 4.69) is 25.8 Å². The minimum Gasteiger partial charge on any atom is -0.517 e. The number of benzene rings is 1. The van der Waals surface area contributed by atoms with Crippen LogP contribution in [0.4, 0.5) is 0 Å². The molecule has 0 aliphatic rings. The average molecular weight is 340 g/mol. The molecule has 0 fully saturated rings. The number of hydrogen-bond donors (Lipinski definition) is 1. The van der Waals surface area contributed by atoms with E-state index in [0.717, 1.165) is 5.56 Å². The summed E-state index contributed by atoms with van der Waals surface area (Å²) < 4.78 is 5.85. The summed E-state index contributed by atoms with van der Waals surface area (Å²) in [6.45, 7) is 11.3. The van der Waals surface area contributed by atoms with E-state index >= 15 is 0 Å². The van der Waals surface area contributed by atoms with Crippen molar-refractivity contribution in [2.45, 2.75) is 30.6 Å². The molecule has 0 heterocycles. The number of nitriles is 1. The summed E-state index contributed by atoms with van der Waals surface area (Å²) in [6, 6.07) is 10.3. The molecule has 0 aliphatic carbocycles. The minimum atomic E-state index is -2.39. The molecule has 0 bridgehead atoms. The molecule has 5 heteroatoms. The number of carbonyl (C=O) groups excluding carboxylic acids is 1. The van der Waals surface area contributed by atoms with Gasteiger partial charge in [0.1, 0.15) is 6.04 Å². The summed E-state index contributed by atoms with van der Waals surface area (Å²) >= 11 is 0. The quantitative estimate of drug-likeness (QED) is 0.522.